The van der Waals surface area contributed by atoms with E-state index in [-0.39, 0.29) is 18.4 Å². The van der Waals surface area contributed by atoms with E-state index in [1.54, 1.807) is 0 Å². The maximum Gasteiger partial charge on any atom is 0.329 e. The quantitative estimate of drug-likeness (QED) is 0.697. The minimum absolute atomic E-state index is 0.144. The fourth-order valence-electron chi connectivity index (χ4n) is 2.54. The van der Waals surface area contributed by atoms with Gasteiger partial charge in [-0.2, -0.15) is 0 Å². The Morgan fingerprint density at radius 1 is 1.30 bits per heavy atom. The van der Waals surface area contributed by atoms with Crippen LogP contribution in [0.1, 0.15) is 52.9 Å². The predicted molar refractivity (Wildman–Crippen MR) is 77.2 cm³/mol. The van der Waals surface area contributed by atoms with Crippen molar-refractivity contribution in [3.05, 3.63) is 0 Å². The van der Waals surface area contributed by atoms with Crippen LogP contribution in [0.15, 0.2) is 0 Å². The lowest BCUT2D eigenvalue weighted by molar-refractivity contribution is -0.137. The van der Waals surface area contributed by atoms with Gasteiger partial charge in [-0.05, 0) is 39.0 Å². The molecule has 0 aromatic rings. The second kappa shape index (κ2) is 8.09. The maximum absolute atomic E-state index is 11.9. The smallest absolute Gasteiger partial charge is 0.329 e. The van der Waals surface area contributed by atoms with Gasteiger partial charge in [0.05, 0.1) is 0 Å². The van der Waals surface area contributed by atoms with Crippen LogP contribution in [-0.2, 0) is 4.79 Å². The van der Waals surface area contributed by atoms with Crippen molar-refractivity contribution in [2.45, 2.75) is 65.0 Å². The topological polar surface area (TPSA) is 81.7 Å². The monoisotopic (exact) mass is 285 g/mol. The molecule has 1 rings (SSSR count). The van der Waals surface area contributed by atoms with E-state index >= 15 is 0 Å². The Hall–Kier alpha value is -1.30. The Morgan fingerprint density at radius 2 is 1.90 bits per heavy atom. The summed E-state index contributed by atoms with van der Waals surface area (Å²) in [6.07, 6.45) is 4.12. The van der Waals surface area contributed by atoms with Crippen LogP contribution in [0.25, 0.3) is 0 Å². The highest BCUT2D eigenvalue weighted by atomic mass is 16.4. The lowest BCUT2D eigenvalue weighted by Gasteiger charge is -2.38. The number of nitrogens with zero attached hydrogens (tertiary/aromatic N) is 1. The molecule has 3 atom stereocenters. The number of hydrogen-bond acceptors (Lipinski definition) is 3. The number of hydrazine groups is 1. The molecule has 0 radical (unpaired) electrons. The third-order valence-corrected chi connectivity index (χ3v) is 3.89. The summed E-state index contributed by atoms with van der Waals surface area (Å²) in [5.74, 6) is -0.634. The molecule has 1 fully saturated rings. The minimum Gasteiger partial charge on any atom is -0.481 e. The molecule has 0 aromatic heterocycles. The van der Waals surface area contributed by atoms with E-state index in [2.05, 4.69) is 24.6 Å². The highest BCUT2D eigenvalue weighted by Gasteiger charge is 2.25. The molecule has 0 aromatic carbocycles. The number of carbonyl (C=O) groups is 2. The first-order chi connectivity index (χ1) is 9.40. The fraction of sp³-hybridized carbons (Fsp3) is 0.857. The molecule has 2 amide bonds. The second-order valence-electron chi connectivity index (χ2n) is 5.90. The van der Waals surface area contributed by atoms with Gasteiger partial charge in [-0.15, -0.1) is 0 Å². The summed E-state index contributed by atoms with van der Waals surface area (Å²) in [5, 5.41) is 13.4. The molecule has 0 saturated carbocycles. The van der Waals surface area contributed by atoms with E-state index in [1.165, 1.54) is 6.42 Å². The summed E-state index contributed by atoms with van der Waals surface area (Å²) in [6, 6.07) is 0.510. The van der Waals surface area contributed by atoms with E-state index in [9.17, 15) is 9.59 Å². The van der Waals surface area contributed by atoms with Crippen LogP contribution < -0.4 is 10.7 Å². The SMILES string of the molecule is CC(CCC(=O)O)CNC(=O)NN1C(C)CCCC1C. The molecular weight excluding hydrogens is 258 g/mol. The molecular formula is C14H27N3O3. The number of nitrogens with one attached hydrogen (secondary N) is 2. The summed E-state index contributed by atoms with van der Waals surface area (Å²) >= 11 is 0. The number of carboxylic acid groups (broad SMARTS) is 1. The lowest BCUT2D eigenvalue weighted by Crippen LogP contribution is -2.56. The van der Waals surface area contributed by atoms with Gasteiger partial charge in [0.1, 0.15) is 0 Å². The zero-order chi connectivity index (χ0) is 15.1. The number of carbonyl (C=O) groups excluding carboxylic acids is 1. The van der Waals surface area contributed by atoms with E-state index in [0.717, 1.165) is 12.8 Å². The third-order valence-electron chi connectivity index (χ3n) is 3.89. The van der Waals surface area contributed by atoms with Crippen molar-refractivity contribution in [3.63, 3.8) is 0 Å². The molecule has 3 unspecified atom stereocenters. The Morgan fingerprint density at radius 3 is 2.45 bits per heavy atom. The second-order valence-corrected chi connectivity index (χ2v) is 5.90. The van der Waals surface area contributed by atoms with Crippen molar-refractivity contribution in [1.29, 1.82) is 0 Å². The number of amides is 2. The van der Waals surface area contributed by atoms with Gasteiger partial charge in [0.25, 0.3) is 0 Å². The third kappa shape index (κ3) is 5.77. The maximum atomic E-state index is 11.9. The average molecular weight is 285 g/mol. The van der Waals surface area contributed by atoms with Gasteiger partial charge in [-0.1, -0.05) is 13.3 Å². The van der Waals surface area contributed by atoms with Gasteiger partial charge in [-0.3, -0.25) is 10.2 Å². The molecule has 116 valence electrons. The molecule has 6 heteroatoms. The average Bonchev–Trinajstić information content (AvgIpc) is 2.38. The molecule has 3 N–H and O–H groups in total. The molecule has 1 aliphatic rings. The fourth-order valence-corrected chi connectivity index (χ4v) is 2.54. The van der Waals surface area contributed by atoms with Gasteiger partial charge in [0, 0.05) is 25.0 Å². The standard InChI is InChI=1S/C14H27N3O3/c1-10(7-8-13(18)19)9-15-14(20)16-17-11(2)5-4-6-12(17)3/h10-12H,4-9H2,1-3H3,(H,18,19)(H2,15,16,20). The normalized spacial score (nSPS) is 24.9. The van der Waals surface area contributed by atoms with E-state index in [1.807, 2.05) is 11.9 Å². The summed E-state index contributed by atoms with van der Waals surface area (Å²) in [6.45, 7) is 6.67. The van der Waals surface area contributed by atoms with Crippen LogP contribution in [0, 0.1) is 5.92 Å². The number of piperidine rings is 1. The number of hydrogen-bond donors (Lipinski definition) is 3. The number of rotatable bonds is 6. The summed E-state index contributed by atoms with van der Waals surface area (Å²) < 4.78 is 0. The van der Waals surface area contributed by atoms with Crippen molar-refractivity contribution in [2.75, 3.05) is 6.54 Å². The highest BCUT2D eigenvalue weighted by molar-refractivity contribution is 5.73. The van der Waals surface area contributed by atoms with Crippen LogP contribution >= 0.6 is 0 Å². The molecule has 0 bridgehead atoms. The molecule has 1 heterocycles. The van der Waals surface area contributed by atoms with Crippen molar-refractivity contribution in [1.82, 2.24) is 15.8 Å². The van der Waals surface area contributed by atoms with E-state index in [4.69, 9.17) is 5.11 Å². The minimum atomic E-state index is -0.794. The van der Waals surface area contributed by atoms with Gasteiger partial charge >= 0.3 is 12.0 Å². The van der Waals surface area contributed by atoms with Gasteiger partial charge in [-0.25, -0.2) is 9.80 Å². The first-order valence-electron chi connectivity index (χ1n) is 7.44. The van der Waals surface area contributed by atoms with E-state index in [0.29, 0.717) is 25.0 Å². The van der Waals surface area contributed by atoms with Gasteiger partial charge in [0.2, 0.25) is 0 Å². The van der Waals surface area contributed by atoms with Gasteiger partial charge in [0.15, 0.2) is 0 Å². The first-order valence-corrected chi connectivity index (χ1v) is 7.44. The predicted octanol–water partition coefficient (Wildman–Crippen LogP) is 1.96. The molecule has 0 aliphatic carbocycles. The van der Waals surface area contributed by atoms with Crippen LogP contribution in [0.5, 0.6) is 0 Å². The summed E-state index contributed by atoms with van der Waals surface area (Å²) in [4.78, 5) is 22.3. The first kappa shape index (κ1) is 16.8. The van der Waals surface area contributed by atoms with Gasteiger partial charge < -0.3 is 10.4 Å². The lowest BCUT2D eigenvalue weighted by atomic mass is 10.00. The van der Waals surface area contributed by atoms with Crippen LogP contribution in [0.2, 0.25) is 0 Å². The Kier molecular flexibility index (Phi) is 6.78. The molecule has 1 saturated heterocycles. The summed E-state index contributed by atoms with van der Waals surface area (Å²) in [7, 11) is 0. The number of carboxylic acids is 1. The number of aliphatic carboxylic acids is 1. The molecule has 6 nitrogen and oxygen atoms in total. The zero-order valence-electron chi connectivity index (χ0n) is 12.7. The van der Waals surface area contributed by atoms with Crippen LogP contribution in [0.4, 0.5) is 4.79 Å². The zero-order valence-corrected chi connectivity index (χ0v) is 12.7. The summed E-state index contributed by atoms with van der Waals surface area (Å²) in [5.41, 5.74) is 2.91. The Balaban J connectivity index is 2.27. The van der Waals surface area contributed by atoms with Crippen LogP contribution in [0.3, 0.4) is 0 Å². The molecule has 0 spiro atoms. The Bertz CT molecular complexity index is 326. The molecule has 1 aliphatic heterocycles. The van der Waals surface area contributed by atoms with Crippen molar-refractivity contribution in [3.8, 4) is 0 Å². The van der Waals surface area contributed by atoms with Crippen molar-refractivity contribution < 1.29 is 14.7 Å². The Labute approximate surface area is 120 Å². The van der Waals surface area contributed by atoms with Crippen LogP contribution in [-0.4, -0.2) is 40.7 Å². The molecule has 20 heavy (non-hydrogen) atoms. The van der Waals surface area contributed by atoms with Crippen molar-refractivity contribution in [2.24, 2.45) is 5.92 Å². The largest absolute Gasteiger partial charge is 0.481 e. The number of urea groups is 1. The van der Waals surface area contributed by atoms with E-state index < -0.39 is 5.97 Å². The highest BCUT2D eigenvalue weighted by Crippen LogP contribution is 2.19. The van der Waals surface area contributed by atoms with Crippen molar-refractivity contribution >= 4 is 12.0 Å².